The van der Waals surface area contributed by atoms with Gasteiger partial charge in [-0.05, 0) is 37.6 Å². The van der Waals surface area contributed by atoms with Gasteiger partial charge in [0.05, 0.1) is 23.6 Å². The average molecular weight is 371 g/mol. The van der Waals surface area contributed by atoms with Gasteiger partial charge in [0.1, 0.15) is 5.82 Å². The molecule has 7 heteroatoms. The van der Waals surface area contributed by atoms with Crippen molar-refractivity contribution in [1.82, 2.24) is 14.8 Å². The lowest BCUT2D eigenvalue weighted by atomic mass is 10.1. The molecule has 3 aromatic rings. The molecule has 0 saturated carbocycles. The highest BCUT2D eigenvalue weighted by molar-refractivity contribution is 7.99. The van der Waals surface area contributed by atoms with Crippen LogP contribution in [0.4, 0.5) is 4.39 Å². The Morgan fingerprint density at radius 1 is 1.15 bits per heavy atom. The van der Waals surface area contributed by atoms with E-state index in [1.807, 2.05) is 31.2 Å². The van der Waals surface area contributed by atoms with Crippen LogP contribution in [-0.4, -0.2) is 33.1 Å². The van der Waals surface area contributed by atoms with Crippen LogP contribution in [0.2, 0.25) is 0 Å². The van der Waals surface area contributed by atoms with E-state index < -0.39 is 0 Å². The third-order valence-corrected chi connectivity index (χ3v) is 4.63. The van der Waals surface area contributed by atoms with Gasteiger partial charge in [-0.2, -0.15) is 0 Å². The second kappa shape index (κ2) is 8.14. The zero-order valence-electron chi connectivity index (χ0n) is 14.5. The highest BCUT2D eigenvalue weighted by Crippen LogP contribution is 2.30. The van der Waals surface area contributed by atoms with E-state index in [0.717, 1.165) is 11.3 Å². The van der Waals surface area contributed by atoms with E-state index in [-0.39, 0.29) is 17.5 Å². The molecule has 0 amide bonds. The van der Waals surface area contributed by atoms with Crippen molar-refractivity contribution in [1.29, 1.82) is 0 Å². The largest absolute Gasteiger partial charge is 0.465 e. The number of carbonyl (C=O) groups is 1. The first-order valence-corrected chi connectivity index (χ1v) is 9.15. The van der Waals surface area contributed by atoms with Crippen LogP contribution in [0.3, 0.4) is 0 Å². The number of hydrogen-bond donors (Lipinski definition) is 0. The molecule has 5 nitrogen and oxygen atoms in total. The molecule has 0 aliphatic rings. The summed E-state index contributed by atoms with van der Waals surface area (Å²) in [5.41, 5.74) is 2.18. The summed E-state index contributed by atoms with van der Waals surface area (Å²) in [6.45, 7) is 4.04. The molecule has 3 rings (SSSR count). The molecular weight excluding hydrogens is 353 g/mol. The number of carbonyl (C=O) groups excluding carboxylic acids is 1. The van der Waals surface area contributed by atoms with E-state index in [1.165, 1.54) is 17.8 Å². The fourth-order valence-electron chi connectivity index (χ4n) is 2.54. The Balaban J connectivity index is 2.08. The van der Waals surface area contributed by atoms with E-state index >= 15 is 0 Å². The number of hydrogen-bond acceptors (Lipinski definition) is 5. The van der Waals surface area contributed by atoms with Crippen molar-refractivity contribution in [2.45, 2.75) is 19.0 Å². The molecule has 0 aliphatic carbocycles. The smallest absolute Gasteiger partial charge is 0.316 e. The van der Waals surface area contributed by atoms with Gasteiger partial charge in [-0.15, -0.1) is 10.2 Å². The summed E-state index contributed by atoms with van der Waals surface area (Å²) in [4.78, 5) is 11.7. The first kappa shape index (κ1) is 18.1. The van der Waals surface area contributed by atoms with Crippen molar-refractivity contribution in [3.05, 3.63) is 59.9 Å². The Kier molecular flexibility index (Phi) is 5.68. The van der Waals surface area contributed by atoms with Crippen molar-refractivity contribution < 1.29 is 13.9 Å². The molecular formula is C19H18FN3O2S. The number of para-hydroxylation sites is 1. The van der Waals surface area contributed by atoms with Crippen LogP contribution < -0.4 is 0 Å². The molecule has 0 saturated heterocycles. The normalized spacial score (nSPS) is 10.7. The van der Waals surface area contributed by atoms with Crippen molar-refractivity contribution in [2.75, 3.05) is 12.4 Å². The summed E-state index contributed by atoms with van der Waals surface area (Å²) < 4.78 is 21.1. The first-order valence-electron chi connectivity index (χ1n) is 8.16. The predicted octanol–water partition coefficient (Wildman–Crippen LogP) is 4.04. The van der Waals surface area contributed by atoms with E-state index in [0.29, 0.717) is 23.2 Å². The third kappa shape index (κ3) is 3.77. The number of esters is 1. The summed E-state index contributed by atoms with van der Waals surface area (Å²) in [5.74, 6) is -0.209. The summed E-state index contributed by atoms with van der Waals surface area (Å²) >= 11 is 1.21. The molecule has 0 unspecified atom stereocenters. The highest BCUT2D eigenvalue weighted by atomic mass is 32.2. The van der Waals surface area contributed by atoms with E-state index in [4.69, 9.17) is 4.74 Å². The van der Waals surface area contributed by atoms with Crippen LogP contribution in [0.5, 0.6) is 0 Å². The van der Waals surface area contributed by atoms with Crippen LogP contribution in [-0.2, 0) is 9.53 Å². The topological polar surface area (TPSA) is 57.0 Å². The van der Waals surface area contributed by atoms with Crippen LogP contribution in [0.15, 0.2) is 53.7 Å². The molecule has 0 spiro atoms. The molecule has 0 fully saturated rings. The minimum atomic E-state index is -0.378. The van der Waals surface area contributed by atoms with Crippen molar-refractivity contribution in [2.24, 2.45) is 0 Å². The van der Waals surface area contributed by atoms with Crippen molar-refractivity contribution in [3.63, 3.8) is 0 Å². The lowest BCUT2D eigenvalue weighted by molar-refractivity contribution is -0.139. The van der Waals surface area contributed by atoms with Crippen molar-refractivity contribution >= 4 is 17.7 Å². The molecule has 26 heavy (non-hydrogen) atoms. The zero-order chi connectivity index (χ0) is 18.5. The number of ether oxygens (including phenoxy) is 1. The minimum Gasteiger partial charge on any atom is -0.465 e. The molecule has 0 radical (unpaired) electrons. The molecule has 0 atom stereocenters. The number of aryl methyl sites for hydroxylation is 1. The van der Waals surface area contributed by atoms with Gasteiger partial charge < -0.3 is 4.74 Å². The molecule has 0 bridgehead atoms. The number of aromatic nitrogens is 3. The SMILES string of the molecule is CCOC(=O)CSc1nnc(-c2ccccc2F)n1-c1ccccc1C. The maximum Gasteiger partial charge on any atom is 0.316 e. The second-order valence-corrected chi connectivity index (χ2v) is 6.44. The monoisotopic (exact) mass is 371 g/mol. The molecule has 1 aromatic heterocycles. The summed E-state index contributed by atoms with van der Waals surface area (Å²) in [6.07, 6.45) is 0. The van der Waals surface area contributed by atoms with Crippen LogP contribution in [0.1, 0.15) is 12.5 Å². The highest BCUT2D eigenvalue weighted by Gasteiger charge is 2.20. The van der Waals surface area contributed by atoms with Gasteiger partial charge in [-0.25, -0.2) is 4.39 Å². The number of thioether (sulfide) groups is 1. The Labute approximate surface area is 155 Å². The van der Waals surface area contributed by atoms with Crippen molar-refractivity contribution in [3.8, 4) is 17.1 Å². The third-order valence-electron chi connectivity index (χ3n) is 3.73. The summed E-state index contributed by atoms with van der Waals surface area (Å²) in [6, 6.07) is 14.1. The Bertz CT molecular complexity index is 927. The number of nitrogens with zero attached hydrogens (tertiary/aromatic N) is 3. The van der Waals surface area contributed by atoms with Gasteiger partial charge in [-0.3, -0.25) is 9.36 Å². The minimum absolute atomic E-state index is 0.106. The number of benzene rings is 2. The van der Waals surface area contributed by atoms with Gasteiger partial charge in [0.15, 0.2) is 11.0 Å². The van der Waals surface area contributed by atoms with Gasteiger partial charge in [0, 0.05) is 0 Å². The standard InChI is InChI=1S/C19H18FN3O2S/c1-3-25-17(24)12-26-19-22-21-18(14-9-5-6-10-15(14)20)23(19)16-11-7-4-8-13(16)2/h4-11H,3,12H2,1-2H3. The van der Waals surface area contributed by atoms with Gasteiger partial charge in [-0.1, -0.05) is 42.1 Å². The first-order chi connectivity index (χ1) is 12.6. The predicted molar refractivity (Wildman–Crippen MR) is 98.8 cm³/mol. The lowest BCUT2D eigenvalue weighted by Crippen LogP contribution is -2.08. The van der Waals surface area contributed by atoms with E-state index in [1.54, 1.807) is 29.7 Å². The van der Waals surface area contributed by atoms with E-state index in [9.17, 15) is 9.18 Å². The fraction of sp³-hybridized carbons (Fsp3) is 0.211. The Hall–Kier alpha value is -2.67. The van der Waals surface area contributed by atoms with Gasteiger partial charge >= 0.3 is 5.97 Å². The maximum atomic E-state index is 14.3. The molecule has 0 N–H and O–H groups in total. The molecule has 134 valence electrons. The lowest BCUT2D eigenvalue weighted by Gasteiger charge is -2.13. The molecule has 1 heterocycles. The summed E-state index contributed by atoms with van der Waals surface area (Å²) in [7, 11) is 0. The van der Waals surface area contributed by atoms with Gasteiger partial charge in [0.25, 0.3) is 0 Å². The van der Waals surface area contributed by atoms with E-state index in [2.05, 4.69) is 10.2 Å². The van der Waals surface area contributed by atoms with Crippen LogP contribution in [0.25, 0.3) is 17.1 Å². The van der Waals surface area contributed by atoms with Crippen LogP contribution in [0, 0.1) is 12.7 Å². The average Bonchev–Trinajstić information content (AvgIpc) is 3.04. The quantitative estimate of drug-likeness (QED) is 0.484. The molecule has 0 aliphatic heterocycles. The maximum absolute atomic E-state index is 14.3. The second-order valence-electron chi connectivity index (χ2n) is 5.50. The van der Waals surface area contributed by atoms with Crippen LogP contribution >= 0.6 is 11.8 Å². The molecule has 2 aromatic carbocycles. The fourth-order valence-corrected chi connectivity index (χ4v) is 3.28. The number of halogens is 1. The summed E-state index contributed by atoms with van der Waals surface area (Å²) in [5, 5.41) is 8.88. The zero-order valence-corrected chi connectivity index (χ0v) is 15.3. The Morgan fingerprint density at radius 2 is 1.88 bits per heavy atom. The van der Waals surface area contributed by atoms with Gasteiger partial charge in [0.2, 0.25) is 0 Å². The number of rotatable bonds is 6. The Morgan fingerprint density at radius 3 is 2.62 bits per heavy atom.